The second kappa shape index (κ2) is 7.16. The monoisotopic (exact) mass is 287 g/mol. The number of imidazole rings is 1. The summed E-state index contributed by atoms with van der Waals surface area (Å²) in [6.07, 6.45) is 5.05. The van der Waals surface area contributed by atoms with Gasteiger partial charge in [0.2, 0.25) is 5.95 Å². The first-order valence-electron chi connectivity index (χ1n) is 7.63. The summed E-state index contributed by atoms with van der Waals surface area (Å²) in [6.45, 7) is 9.55. The molecule has 0 saturated carbocycles. The summed E-state index contributed by atoms with van der Waals surface area (Å²) in [5.74, 6) is 2.33. The average Bonchev–Trinajstić information content (AvgIpc) is 2.85. The number of nitrogens with zero attached hydrogens (tertiary/aromatic N) is 2. The molecule has 114 valence electrons. The molecule has 0 aliphatic rings. The molecule has 2 aromatic rings. The van der Waals surface area contributed by atoms with Gasteiger partial charge < -0.3 is 14.6 Å². The van der Waals surface area contributed by atoms with Crippen molar-refractivity contribution in [2.45, 2.75) is 46.8 Å². The Morgan fingerprint density at radius 2 is 2.10 bits per heavy atom. The van der Waals surface area contributed by atoms with Crippen LogP contribution < -0.4 is 10.1 Å². The van der Waals surface area contributed by atoms with Gasteiger partial charge in [-0.3, -0.25) is 0 Å². The van der Waals surface area contributed by atoms with Crippen molar-refractivity contribution >= 4 is 11.6 Å². The van der Waals surface area contributed by atoms with Crippen LogP contribution in [0.5, 0.6) is 5.75 Å². The molecule has 2 rings (SSSR count). The third kappa shape index (κ3) is 4.52. The van der Waals surface area contributed by atoms with E-state index in [9.17, 15) is 0 Å². The summed E-state index contributed by atoms with van der Waals surface area (Å²) < 4.78 is 7.98. The van der Waals surface area contributed by atoms with E-state index in [1.165, 1.54) is 0 Å². The summed E-state index contributed by atoms with van der Waals surface area (Å²) in [4.78, 5) is 4.38. The Hall–Kier alpha value is -1.97. The number of anilines is 2. The molecule has 0 amide bonds. The van der Waals surface area contributed by atoms with Crippen molar-refractivity contribution in [2.75, 3.05) is 5.32 Å². The number of aromatic nitrogens is 2. The minimum atomic E-state index is 0.225. The quantitative estimate of drug-likeness (QED) is 0.817. The van der Waals surface area contributed by atoms with Gasteiger partial charge in [-0.1, -0.05) is 26.8 Å². The fourth-order valence-electron chi connectivity index (χ4n) is 2.07. The van der Waals surface area contributed by atoms with Crippen LogP contribution >= 0.6 is 0 Å². The van der Waals surface area contributed by atoms with Gasteiger partial charge in [-0.2, -0.15) is 0 Å². The van der Waals surface area contributed by atoms with Crippen LogP contribution in [0.15, 0.2) is 36.7 Å². The van der Waals surface area contributed by atoms with Crippen LogP contribution in [-0.2, 0) is 6.54 Å². The molecule has 4 heteroatoms. The summed E-state index contributed by atoms with van der Waals surface area (Å²) >= 11 is 0. The largest absolute Gasteiger partial charge is 0.491 e. The summed E-state index contributed by atoms with van der Waals surface area (Å²) in [5.41, 5.74) is 0.993. The van der Waals surface area contributed by atoms with Gasteiger partial charge in [-0.15, -0.1) is 0 Å². The summed E-state index contributed by atoms with van der Waals surface area (Å²) in [6, 6.07) is 8.02. The Labute approximate surface area is 127 Å². The first-order chi connectivity index (χ1) is 10.1. The van der Waals surface area contributed by atoms with E-state index < -0.39 is 0 Å². The number of ether oxygens (including phenoxy) is 1. The fourth-order valence-corrected chi connectivity index (χ4v) is 2.07. The molecule has 0 spiro atoms. The van der Waals surface area contributed by atoms with E-state index in [0.717, 1.165) is 30.4 Å². The Morgan fingerprint density at radius 1 is 1.29 bits per heavy atom. The van der Waals surface area contributed by atoms with Crippen molar-refractivity contribution in [1.82, 2.24) is 9.55 Å². The zero-order chi connectivity index (χ0) is 15.2. The molecule has 1 aromatic carbocycles. The van der Waals surface area contributed by atoms with E-state index >= 15 is 0 Å². The number of nitrogens with one attached hydrogen (secondary N) is 1. The van der Waals surface area contributed by atoms with Gasteiger partial charge in [0, 0.05) is 30.7 Å². The average molecular weight is 287 g/mol. The molecule has 0 bridgehead atoms. The van der Waals surface area contributed by atoms with Gasteiger partial charge >= 0.3 is 0 Å². The van der Waals surface area contributed by atoms with Gasteiger partial charge in [0.25, 0.3) is 0 Å². The first-order valence-corrected chi connectivity index (χ1v) is 7.63. The molecule has 1 aromatic heterocycles. The maximum Gasteiger partial charge on any atom is 0.207 e. The van der Waals surface area contributed by atoms with Crippen LogP contribution in [-0.4, -0.2) is 15.7 Å². The zero-order valence-electron chi connectivity index (χ0n) is 13.3. The summed E-state index contributed by atoms with van der Waals surface area (Å²) in [7, 11) is 0. The molecule has 1 heterocycles. The Bertz CT molecular complexity index is 563. The lowest BCUT2D eigenvalue weighted by Gasteiger charge is -2.15. The van der Waals surface area contributed by atoms with Crippen LogP contribution in [0.1, 0.15) is 34.1 Å². The molecule has 1 N–H and O–H groups in total. The van der Waals surface area contributed by atoms with Crippen LogP contribution in [0.2, 0.25) is 0 Å². The summed E-state index contributed by atoms with van der Waals surface area (Å²) in [5, 5.41) is 3.36. The van der Waals surface area contributed by atoms with E-state index in [2.05, 4.69) is 42.6 Å². The van der Waals surface area contributed by atoms with Gasteiger partial charge in [-0.25, -0.2) is 4.98 Å². The van der Waals surface area contributed by atoms with Gasteiger partial charge in [0.05, 0.1) is 6.10 Å². The highest BCUT2D eigenvalue weighted by Gasteiger charge is 2.06. The van der Waals surface area contributed by atoms with E-state index in [0.29, 0.717) is 5.92 Å². The Morgan fingerprint density at radius 3 is 2.81 bits per heavy atom. The van der Waals surface area contributed by atoms with Crippen molar-refractivity contribution in [2.24, 2.45) is 5.92 Å². The normalized spacial score (nSPS) is 12.4. The van der Waals surface area contributed by atoms with Crippen LogP contribution in [0.4, 0.5) is 11.6 Å². The fraction of sp³-hybridized carbons (Fsp3) is 0.471. The lowest BCUT2D eigenvalue weighted by molar-refractivity contribution is 0.217. The minimum Gasteiger partial charge on any atom is -0.491 e. The van der Waals surface area contributed by atoms with Gasteiger partial charge in [0.15, 0.2) is 0 Å². The Kier molecular flexibility index (Phi) is 5.26. The van der Waals surface area contributed by atoms with E-state index in [1.54, 1.807) is 0 Å². The highest BCUT2D eigenvalue weighted by atomic mass is 16.5. The maximum absolute atomic E-state index is 5.85. The van der Waals surface area contributed by atoms with Crippen molar-refractivity contribution in [1.29, 1.82) is 0 Å². The molecule has 1 atom stereocenters. The van der Waals surface area contributed by atoms with Crippen molar-refractivity contribution in [3.8, 4) is 5.75 Å². The topological polar surface area (TPSA) is 39.1 Å². The standard InChI is InChI=1S/C17H25N3O/c1-5-14(4)21-16-8-6-7-15(11-16)19-17-18-9-10-20(17)12-13(2)3/h6-11,13-14H,5,12H2,1-4H3,(H,18,19). The van der Waals surface area contributed by atoms with Crippen LogP contribution in [0.25, 0.3) is 0 Å². The second-order valence-electron chi connectivity index (χ2n) is 5.79. The predicted molar refractivity (Wildman–Crippen MR) is 87.2 cm³/mol. The molecule has 21 heavy (non-hydrogen) atoms. The molecule has 0 aliphatic carbocycles. The minimum absolute atomic E-state index is 0.225. The van der Waals surface area contributed by atoms with Crippen molar-refractivity contribution in [3.05, 3.63) is 36.7 Å². The molecular weight excluding hydrogens is 262 g/mol. The smallest absolute Gasteiger partial charge is 0.207 e. The highest BCUT2D eigenvalue weighted by Crippen LogP contribution is 2.22. The molecule has 4 nitrogen and oxygen atoms in total. The highest BCUT2D eigenvalue weighted by molar-refractivity contribution is 5.56. The lowest BCUT2D eigenvalue weighted by Crippen LogP contribution is -2.10. The van der Waals surface area contributed by atoms with Crippen molar-refractivity contribution in [3.63, 3.8) is 0 Å². The predicted octanol–water partition coefficient (Wildman–Crippen LogP) is 4.46. The lowest BCUT2D eigenvalue weighted by atomic mass is 10.2. The molecule has 0 fully saturated rings. The van der Waals surface area contributed by atoms with E-state index in [4.69, 9.17) is 4.74 Å². The zero-order valence-corrected chi connectivity index (χ0v) is 13.3. The number of rotatable bonds is 7. The third-order valence-corrected chi connectivity index (χ3v) is 3.28. The van der Waals surface area contributed by atoms with Gasteiger partial charge in [0.1, 0.15) is 5.75 Å². The molecule has 0 aliphatic heterocycles. The number of benzene rings is 1. The molecular formula is C17H25N3O. The van der Waals surface area contributed by atoms with Crippen LogP contribution in [0.3, 0.4) is 0 Å². The van der Waals surface area contributed by atoms with E-state index in [1.807, 2.05) is 36.7 Å². The molecule has 0 radical (unpaired) electrons. The van der Waals surface area contributed by atoms with E-state index in [-0.39, 0.29) is 6.10 Å². The SMILES string of the molecule is CCC(C)Oc1cccc(Nc2nccn2CC(C)C)c1. The maximum atomic E-state index is 5.85. The molecule has 0 saturated heterocycles. The third-order valence-electron chi connectivity index (χ3n) is 3.28. The van der Waals surface area contributed by atoms with Crippen LogP contribution in [0, 0.1) is 5.92 Å². The van der Waals surface area contributed by atoms with Crippen molar-refractivity contribution < 1.29 is 4.74 Å². The Balaban J connectivity index is 2.09. The van der Waals surface area contributed by atoms with Gasteiger partial charge in [-0.05, 0) is 31.4 Å². The second-order valence-corrected chi connectivity index (χ2v) is 5.79. The molecule has 1 unspecified atom stereocenters. The number of hydrogen-bond donors (Lipinski definition) is 1. The first kappa shape index (κ1) is 15.4. The number of hydrogen-bond acceptors (Lipinski definition) is 3.